The highest BCUT2D eigenvalue weighted by atomic mass is 16.5. The minimum absolute atomic E-state index is 0.0186. The van der Waals surface area contributed by atoms with Crippen molar-refractivity contribution in [3.05, 3.63) is 29.8 Å². The number of carbonyl (C=O) groups excluding carboxylic acids is 3. The minimum atomic E-state index is -0.287. The summed E-state index contributed by atoms with van der Waals surface area (Å²) in [7, 11) is 0. The van der Waals surface area contributed by atoms with Gasteiger partial charge in [-0.1, -0.05) is 18.6 Å². The number of nitrogens with one attached hydrogen (secondary N) is 2. The Morgan fingerprint density at radius 1 is 1.15 bits per heavy atom. The molecule has 0 aliphatic carbocycles. The number of ether oxygens (including phenoxy) is 1. The fourth-order valence-electron chi connectivity index (χ4n) is 3.47. The van der Waals surface area contributed by atoms with E-state index in [2.05, 4.69) is 10.6 Å². The van der Waals surface area contributed by atoms with Gasteiger partial charge in [0.15, 0.2) is 0 Å². The van der Waals surface area contributed by atoms with Crippen LogP contribution in [0.25, 0.3) is 0 Å². The van der Waals surface area contributed by atoms with Crippen molar-refractivity contribution in [2.75, 3.05) is 31.6 Å². The van der Waals surface area contributed by atoms with Gasteiger partial charge in [-0.2, -0.15) is 0 Å². The second-order valence-electron chi connectivity index (χ2n) is 7.06. The third-order valence-electron chi connectivity index (χ3n) is 4.97. The van der Waals surface area contributed by atoms with Crippen LogP contribution in [0.15, 0.2) is 24.3 Å². The molecule has 2 fully saturated rings. The Balaban J connectivity index is 1.58. The van der Waals surface area contributed by atoms with Crippen molar-refractivity contribution in [3.8, 4) is 0 Å². The predicted octanol–water partition coefficient (Wildman–Crippen LogP) is 1.94. The van der Waals surface area contributed by atoms with Crippen LogP contribution in [0.1, 0.15) is 48.9 Å². The molecule has 1 aromatic carbocycles. The van der Waals surface area contributed by atoms with Crippen molar-refractivity contribution in [3.63, 3.8) is 0 Å². The maximum Gasteiger partial charge on any atom is 0.253 e. The van der Waals surface area contributed by atoms with Gasteiger partial charge >= 0.3 is 0 Å². The molecule has 0 unspecified atom stereocenters. The van der Waals surface area contributed by atoms with E-state index in [0.29, 0.717) is 30.8 Å². The van der Waals surface area contributed by atoms with Crippen LogP contribution in [-0.2, 0) is 14.3 Å². The first-order valence-electron chi connectivity index (χ1n) is 9.70. The van der Waals surface area contributed by atoms with E-state index in [1.54, 1.807) is 29.2 Å². The normalized spacial score (nSPS) is 20.2. The van der Waals surface area contributed by atoms with Crippen molar-refractivity contribution in [2.45, 2.75) is 44.6 Å². The molecule has 146 valence electrons. The smallest absolute Gasteiger partial charge is 0.253 e. The molecule has 27 heavy (non-hydrogen) atoms. The van der Waals surface area contributed by atoms with Crippen LogP contribution in [0.4, 0.5) is 5.69 Å². The second-order valence-corrected chi connectivity index (χ2v) is 7.06. The lowest BCUT2D eigenvalue weighted by atomic mass is 10.1. The third-order valence-corrected chi connectivity index (χ3v) is 4.97. The van der Waals surface area contributed by atoms with Crippen LogP contribution in [0.2, 0.25) is 0 Å². The molecule has 2 saturated heterocycles. The second kappa shape index (κ2) is 9.50. The van der Waals surface area contributed by atoms with Crippen molar-refractivity contribution in [2.24, 2.45) is 0 Å². The first-order chi connectivity index (χ1) is 13.1. The average Bonchev–Trinajstić information content (AvgIpc) is 3.11. The molecule has 2 aliphatic heterocycles. The number of nitrogens with zero attached hydrogens (tertiary/aromatic N) is 1. The molecular formula is C20H27N3O4. The Kier molecular flexibility index (Phi) is 6.81. The summed E-state index contributed by atoms with van der Waals surface area (Å²) in [5, 5.41) is 5.65. The number of carbonyl (C=O) groups is 3. The van der Waals surface area contributed by atoms with E-state index in [9.17, 15) is 14.4 Å². The third kappa shape index (κ3) is 5.53. The summed E-state index contributed by atoms with van der Waals surface area (Å²) in [6.45, 7) is 1.83. The Bertz CT molecular complexity index is 686. The predicted molar refractivity (Wildman–Crippen MR) is 101 cm³/mol. The van der Waals surface area contributed by atoms with Gasteiger partial charge in [-0.25, -0.2) is 0 Å². The fourth-order valence-corrected chi connectivity index (χ4v) is 3.47. The molecule has 3 amide bonds. The lowest BCUT2D eigenvalue weighted by molar-refractivity contribution is -0.134. The van der Waals surface area contributed by atoms with Crippen molar-refractivity contribution in [1.29, 1.82) is 0 Å². The number of para-hydroxylation sites is 1. The number of hydrogen-bond acceptors (Lipinski definition) is 4. The van der Waals surface area contributed by atoms with Crippen molar-refractivity contribution >= 4 is 23.4 Å². The molecule has 2 N–H and O–H groups in total. The summed E-state index contributed by atoms with van der Waals surface area (Å²) in [5.41, 5.74) is 0.862. The Morgan fingerprint density at radius 3 is 2.81 bits per heavy atom. The van der Waals surface area contributed by atoms with Gasteiger partial charge in [0, 0.05) is 26.1 Å². The topological polar surface area (TPSA) is 87.7 Å². The molecule has 0 bridgehead atoms. The number of rotatable bonds is 6. The molecule has 2 aliphatic rings. The van der Waals surface area contributed by atoms with Crippen LogP contribution in [0.3, 0.4) is 0 Å². The maximum absolute atomic E-state index is 12.5. The Hall–Kier alpha value is -2.41. The van der Waals surface area contributed by atoms with E-state index in [4.69, 9.17) is 4.74 Å². The van der Waals surface area contributed by atoms with Crippen LogP contribution < -0.4 is 10.6 Å². The maximum atomic E-state index is 12.5. The number of benzene rings is 1. The molecule has 1 atom stereocenters. The molecule has 3 rings (SSSR count). The monoisotopic (exact) mass is 373 g/mol. The lowest BCUT2D eigenvalue weighted by Gasteiger charge is -2.20. The summed E-state index contributed by atoms with van der Waals surface area (Å²) < 4.78 is 5.52. The average molecular weight is 373 g/mol. The van der Waals surface area contributed by atoms with Gasteiger partial charge in [-0.15, -0.1) is 0 Å². The summed E-state index contributed by atoms with van der Waals surface area (Å²) in [5.74, 6) is -0.512. The van der Waals surface area contributed by atoms with Crippen molar-refractivity contribution < 1.29 is 19.1 Å². The summed E-state index contributed by atoms with van der Waals surface area (Å²) in [6, 6.07) is 6.90. The standard InChI is InChI=1S/C20H27N3O4/c24-18(14-23-11-5-1-2-10-19(23)25)22-17-9-4-3-8-16(17)20(26)21-13-15-7-6-12-27-15/h3-4,8-9,15H,1-2,5-7,10-14H2,(H,21,26)(H,22,24)/t15-/m1/s1. The first kappa shape index (κ1) is 19.4. The minimum Gasteiger partial charge on any atom is -0.376 e. The summed E-state index contributed by atoms with van der Waals surface area (Å²) in [4.78, 5) is 38.6. The number of amides is 3. The fraction of sp³-hybridized carbons (Fsp3) is 0.550. The van der Waals surface area contributed by atoms with E-state index in [0.717, 1.165) is 38.7 Å². The highest BCUT2D eigenvalue weighted by molar-refractivity contribution is 6.04. The molecule has 2 heterocycles. The van der Waals surface area contributed by atoms with Gasteiger partial charge in [0.25, 0.3) is 5.91 Å². The number of anilines is 1. The van der Waals surface area contributed by atoms with E-state index < -0.39 is 0 Å². The Labute approximate surface area is 159 Å². The number of likely N-dealkylation sites (tertiary alicyclic amines) is 1. The van der Waals surface area contributed by atoms with Crippen LogP contribution in [-0.4, -0.2) is 55.0 Å². The summed E-state index contributed by atoms with van der Waals surface area (Å²) in [6.07, 6.45) is 5.33. The Morgan fingerprint density at radius 2 is 2.00 bits per heavy atom. The zero-order chi connectivity index (χ0) is 19.1. The SMILES string of the molecule is O=C(CN1CCCCCC1=O)Nc1ccccc1C(=O)NC[C@H]1CCCO1. The van der Waals surface area contributed by atoms with Gasteiger partial charge in [0.1, 0.15) is 0 Å². The van der Waals surface area contributed by atoms with Crippen LogP contribution >= 0.6 is 0 Å². The molecule has 1 aromatic rings. The van der Waals surface area contributed by atoms with Crippen molar-refractivity contribution in [1.82, 2.24) is 10.2 Å². The zero-order valence-electron chi connectivity index (χ0n) is 15.5. The highest BCUT2D eigenvalue weighted by Crippen LogP contribution is 2.17. The van der Waals surface area contributed by atoms with E-state index in [1.807, 2.05) is 0 Å². The molecule has 7 heteroatoms. The highest BCUT2D eigenvalue weighted by Gasteiger charge is 2.21. The van der Waals surface area contributed by atoms with Gasteiger partial charge < -0.3 is 20.3 Å². The van der Waals surface area contributed by atoms with E-state index in [1.165, 1.54) is 0 Å². The largest absolute Gasteiger partial charge is 0.376 e. The van der Waals surface area contributed by atoms with E-state index in [-0.39, 0.29) is 30.4 Å². The molecule has 0 aromatic heterocycles. The van der Waals surface area contributed by atoms with Gasteiger partial charge in [-0.3, -0.25) is 14.4 Å². The van der Waals surface area contributed by atoms with Gasteiger partial charge in [0.2, 0.25) is 11.8 Å². The first-order valence-corrected chi connectivity index (χ1v) is 9.70. The van der Waals surface area contributed by atoms with Gasteiger partial charge in [-0.05, 0) is 37.8 Å². The van der Waals surface area contributed by atoms with Crippen LogP contribution in [0, 0.1) is 0 Å². The molecule has 7 nitrogen and oxygen atoms in total. The quantitative estimate of drug-likeness (QED) is 0.798. The van der Waals surface area contributed by atoms with Crippen LogP contribution in [0.5, 0.6) is 0 Å². The number of hydrogen-bond donors (Lipinski definition) is 2. The molecule has 0 radical (unpaired) electrons. The van der Waals surface area contributed by atoms with Gasteiger partial charge in [0.05, 0.1) is 23.9 Å². The molecule has 0 spiro atoms. The molecular weight excluding hydrogens is 346 g/mol. The summed E-state index contributed by atoms with van der Waals surface area (Å²) >= 11 is 0. The van der Waals surface area contributed by atoms with E-state index >= 15 is 0 Å². The lowest BCUT2D eigenvalue weighted by Crippen LogP contribution is -2.38. The zero-order valence-corrected chi connectivity index (χ0v) is 15.5. The molecule has 0 saturated carbocycles.